The Kier molecular flexibility index (Phi) is 2.81. The Morgan fingerprint density at radius 2 is 1.90 bits per heavy atom. The first kappa shape index (κ1) is 7.66. The molecular formula is C7H9BrN2. The van der Waals surface area contributed by atoms with Crippen LogP contribution in [0.3, 0.4) is 0 Å². The van der Waals surface area contributed by atoms with Crippen LogP contribution in [0.1, 0.15) is 18.3 Å². The Balaban J connectivity index is 2.96. The highest BCUT2D eigenvalue weighted by molar-refractivity contribution is 9.08. The van der Waals surface area contributed by atoms with Crippen LogP contribution >= 0.6 is 15.9 Å². The normalized spacial score (nSPS) is 9.80. The van der Waals surface area contributed by atoms with Crippen molar-refractivity contribution in [2.24, 2.45) is 0 Å². The van der Waals surface area contributed by atoms with E-state index in [4.69, 9.17) is 0 Å². The van der Waals surface area contributed by atoms with E-state index in [1.54, 1.807) is 12.4 Å². The molecule has 10 heavy (non-hydrogen) atoms. The van der Waals surface area contributed by atoms with Crippen molar-refractivity contribution in [3.63, 3.8) is 0 Å². The Morgan fingerprint density at radius 1 is 1.30 bits per heavy atom. The molecule has 0 aliphatic heterocycles. The lowest BCUT2D eigenvalue weighted by atomic mass is 10.3. The van der Waals surface area contributed by atoms with Gasteiger partial charge in [0.05, 0.1) is 11.4 Å². The van der Waals surface area contributed by atoms with E-state index in [1.165, 1.54) is 0 Å². The molecule has 0 saturated carbocycles. The van der Waals surface area contributed by atoms with Crippen LogP contribution in [0.2, 0.25) is 0 Å². The molecule has 1 aromatic rings. The molecular weight excluding hydrogens is 192 g/mol. The second kappa shape index (κ2) is 3.66. The summed E-state index contributed by atoms with van der Waals surface area (Å²) in [7, 11) is 0. The van der Waals surface area contributed by atoms with E-state index in [2.05, 4.69) is 32.8 Å². The molecule has 0 atom stereocenters. The molecule has 1 heterocycles. The third-order valence-corrected chi connectivity index (χ3v) is 1.85. The van der Waals surface area contributed by atoms with Crippen molar-refractivity contribution in [2.75, 3.05) is 0 Å². The van der Waals surface area contributed by atoms with Gasteiger partial charge in [-0.3, -0.25) is 9.97 Å². The van der Waals surface area contributed by atoms with Gasteiger partial charge >= 0.3 is 0 Å². The summed E-state index contributed by atoms with van der Waals surface area (Å²) in [5.41, 5.74) is 2.13. The van der Waals surface area contributed by atoms with Gasteiger partial charge in [0, 0.05) is 17.7 Å². The lowest BCUT2D eigenvalue weighted by molar-refractivity contribution is 0.952. The summed E-state index contributed by atoms with van der Waals surface area (Å²) < 4.78 is 0. The van der Waals surface area contributed by atoms with Gasteiger partial charge in [-0.25, -0.2) is 0 Å². The van der Waals surface area contributed by atoms with Crippen LogP contribution in [0.15, 0.2) is 12.4 Å². The second-order valence-corrected chi connectivity index (χ2v) is 2.50. The Hall–Kier alpha value is -0.440. The maximum absolute atomic E-state index is 4.18. The maximum atomic E-state index is 4.18. The highest BCUT2D eigenvalue weighted by atomic mass is 79.9. The van der Waals surface area contributed by atoms with E-state index in [9.17, 15) is 0 Å². The molecule has 0 N–H and O–H groups in total. The largest absolute Gasteiger partial charge is 0.258 e. The number of hydrogen-bond donors (Lipinski definition) is 0. The molecule has 0 aliphatic rings. The summed E-state index contributed by atoms with van der Waals surface area (Å²) >= 11 is 3.35. The molecule has 0 fully saturated rings. The summed E-state index contributed by atoms with van der Waals surface area (Å²) in [6, 6.07) is 0. The van der Waals surface area contributed by atoms with Crippen LogP contribution in [0, 0.1) is 0 Å². The highest BCUT2D eigenvalue weighted by Crippen LogP contribution is 2.05. The molecule has 3 heteroatoms. The predicted octanol–water partition coefficient (Wildman–Crippen LogP) is 1.93. The second-order valence-electron chi connectivity index (χ2n) is 1.94. The number of alkyl halides is 1. The molecule has 0 saturated heterocycles. The molecule has 0 unspecified atom stereocenters. The minimum atomic E-state index is 0.796. The molecule has 1 aromatic heterocycles. The fraction of sp³-hybridized carbons (Fsp3) is 0.429. The van der Waals surface area contributed by atoms with Crippen LogP contribution < -0.4 is 0 Å². The Morgan fingerprint density at radius 3 is 2.30 bits per heavy atom. The van der Waals surface area contributed by atoms with Gasteiger partial charge in [-0.2, -0.15) is 0 Å². The molecule has 0 aromatic carbocycles. The average Bonchev–Trinajstić information content (AvgIpc) is 2.04. The van der Waals surface area contributed by atoms with E-state index < -0.39 is 0 Å². The third-order valence-electron chi connectivity index (χ3n) is 1.32. The van der Waals surface area contributed by atoms with E-state index in [1.807, 2.05) is 0 Å². The van der Waals surface area contributed by atoms with Crippen molar-refractivity contribution in [1.29, 1.82) is 0 Å². The minimum Gasteiger partial charge on any atom is -0.258 e. The fourth-order valence-electron chi connectivity index (χ4n) is 0.803. The van der Waals surface area contributed by atoms with Crippen molar-refractivity contribution in [1.82, 2.24) is 9.97 Å². The first-order chi connectivity index (χ1) is 4.88. The predicted molar refractivity (Wildman–Crippen MR) is 44.0 cm³/mol. The number of nitrogens with zero attached hydrogens (tertiary/aromatic N) is 2. The van der Waals surface area contributed by atoms with Gasteiger partial charge in [-0.05, 0) is 6.42 Å². The summed E-state index contributed by atoms with van der Waals surface area (Å²) in [6.45, 7) is 2.08. The zero-order valence-electron chi connectivity index (χ0n) is 5.84. The van der Waals surface area contributed by atoms with Crippen LogP contribution in [0.25, 0.3) is 0 Å². The van der Waals surface area contributed by atoms with Crippen molar-refractivity contribution >= 4 is 15.9 Å². The maximum Gasteiger partial charge on any atom is 0.0724 e. The van der Waals surface area contributed by atoms with Crippen molar-refractivity contribution in [3.8, 4) is 0 Å². The van der Waals surface area contributed by atoms with Crippen LogP contribution in [0.4, 0.5) is 0 Å². The van der Waals surface area contributed by atoms with Crippen LogP contribution in [-0.4, -0.2) is 9.97 Å². The van der Waals surface area contributed by atoms with Gasteiger partial charge in [0.2, 0.25) is 0 Å². The summed E-state index contributed by atoms with van der Waals surface area (Å²) in [5, 5.41) is 0.796. The summed E-state index contributed by atoms with van der Waals surface area (Å²) in [5.74, 6) is 0. The van der Waals surface area contributed by atoms with Gasteiger partial charge in [-0.15, -0.1) is 0 Å². The Labute approximate surface area is 68.8 Å². The molecule has 54 valence electrons. The average molecular weight is 201 g/mol. The number of hydrogen-bond acceptors (Lipinski definition) is 2. The van der Waals surface area contributed by atoms with Gasteiger partial charge < -0.3 is 0 Å². The number of rotatable bonds is 2. The van der Waals surface area contributed by atoms with E-state index in [0.717, 1.165) is 23.1 Å². The number of aryl methyl sites for hydroxylation is 1. The number of halogens is 1. The summed E-state index contributed by atoms with van der Waals surface area (Å²) in [4.78, 5) is 8.33. The molecule has 0 bridgehead atoms. The van der Waals surface area contributed by atoms with Gasteiger partial charge in [-0.1, -0.05) is 22.9 Å². The SMILES string of the molecule is CCc1nccnc1CBr. The zero-order valence-corrected chi connectivity index (χ0v) is 7.43. The topological polar surface area (TPSA) is 25.8 Å². The van der Waals surface area contributed by atoms with Crippen molar-refractivity contribution in [2.45, 2.75) is 18.7 Å². The molecule has 2 nitrogen and oxygen atoms in total. The van der Waals surface area contributed by atoms with Gasteiger partial charge in [0.25, 0.3) is 0 Å². The standard InChI is InChI=1S/C7H9BrN2/c1-2-6-7(5-8)10-4-3-9-6/h3-4H,2,5H2,1H3. The molecule has 0 aliphatic carbocycles. The first-order valence-corrected chi connectivity index (χ1v) is 4.35. The van der Waals surface area contributed by atoms with Gasteiger partial charge in [0.1, 0.15) is 0 Å². The number of aromatic nitrogens is 2. The highest BCUT2D eigenvalue weighted by Gasteiger charge is 1.98. The summed E-state index contributed by atoms with van der Waals surface area (Å²) in [6.07, 6.45) is 4.40. The lowest BCUT2D eigenvalue weighted by Crippen LogP contribution is -1.95. The lowest BCUT2D eigenvalue weighted by Gasteiger charge is -1.99. The molecule has 0 spiro atoms. The minimum absolute atomic E-state index is 0.796. The van der Waals surface area contributed by atoms with E-state index in [-0.39, 0.29) is 0 Å². The van der Waals surface area contributed by atoms with Crippen molar-refractivity contribution < 1.29 is 0 Å². The van der Waals surface area contributed by atoms with Crippen LogP contribution in [-0.2, 0) is 11.8 Å². The van der Waals surface area contributed by atoms with E-state index >= 15 is 0 Å². The molecule has 1 rings (SSSR count). The molecule has 0 radical (unpaired) electrons. The third kappa shape index (κ3) is 1.53. The van der Waals surface area contributed by atoms with Gasteiger partial charge in [0.15, 0.2) is 0 Å². The van der Waals surface area contributed by atoms with Crippen molar-refractivity contribution in [3.05, 3.63) is 23.8 Å². The van der Waals surface area contributed by atoms with E-state index in [0.29, 0.717) is 0 Å². The molecule has 0 amide bonds. The zero-order chi connectivity index (χ0) is 7.40. The quantitative estimate of drug-likeness (QED) is 0.683. The Bertz CT molecular complexity index is 190. The first-order valence-electron chi connectivity index (χ1n) is 3.23. The fourth-order valence-corrected chi connectivity index (χ4v) is 1.27. The van der Waals surface area contributed by atoms with Crippen LogP contribution in [0.5, 0.6) is 0 Å². The monoisotopic (exact) mass is 200 g/mol. The smallest absolute Gasteiger partial charge is 0.0724 e.